The van der Waals surface area contributed by atoms with Crippen LogP contribution >= 0.6 is 35.6 Å². The normalized spacial score (nSPS) is 11.0. The summed E-state index contributed by atoms with van der Waals surface area (Å²) in [5, 5.41) is 7.12. The Morgan fingerprint density at radius 3 is 2.36 bits per heavy atom. The zero-order valence-corrected chi connectivity index (χ0v) is 15.9. The Kier molecular flexibility index (Phi) is 7.67. The predicted molar refractivity (Wildman–Crippen MR) is 99.9 cm³/mol. The number of aromatic nitrogens is 1. The molecule has 0 spiro atoms. The summed E-state index contributed by atoms with van der Waals surface area (Å²) in [5.41, 5.74) is 2.04. The monoisotopic (exact) mass is 434 g/mol. The van der Waals surface area contributed by atoms with E-state index < -0.39 is 0 Å². The lowest BCUT2D eigenvalue weighted by molar-refractivity contribution is 0.463. The van der Waals surface area contributed by atoms with Gasteiger partial charge >= 0.3 is 0 Å². The number of aryl methyl sites for hydroxylation is 2. The summed E-state index contributed by atoms with van der Waals surface area (Å²) in [6.45, 7) is 4.99. The first-order chi connectivity index (χ1) is 10.1. The van der Waals surface area contributed by atoms with Crippen LogP contribution in [0.5, 0.6) is 0 Å². The van der Waals surface area contributed by atoms with Gasteiger partial charge in [0, 0.05) is 18.6 Å². The molecule has 1 heterocycles. The van der Waals surface area contributed by atoms with E-state index in [0.717, 1.165) is 22.0 Å². The van der Waals surface area contributed by atoms with Crippen molar-refractivity contribution >= 4 is 41.5 Å². The first-order valence-corrected chi connectivity index (χ1v) is 7.08. The fourth-order valence-corrected chi connectivity index (χ4v) is 1.91. The van der Waals surface area contributed by atoms with Crippen molar-refractivity contribution in [1.29, 1.82) is 0 Å². The molecule has 7 heteroatoms. The van der Waals surface area contributed by atoms with Crippen LogP contribution in [0.25, 0.3) is 0 Å². The van der Waals surface area contributed by atoms with Gasteiger partial charge in [0.1, 0.15) is 5.76 Å². The highest BCUT2D eigenvalue weighted by molar-refractivity contribution is 14.0. The number of benzene rings is 1. The van der Waals surface area contributed by atoms with Crippen LogP contribution in [-0.2, 0) is 13.1 Å². The van der Waals surface area contributed by atoms with Crippen LogP contribution in [-0.4, -0.2) is 18.0 Å². The minimum Gasteiger partial charge on any atom is -0.444 e. The van der Waals surface area contributed by atoms with Crippen molar-refractivity contribution in [2.75, 3.05) is 7.05 Å². The molecule has 0 saturated carbocycles. The van der Waals surface area contributed by atoms with Crippen LogP contribution in [0.3, 0.4) is 0 Å². The van der Waals surface area contributed by atoms with Crippen LogP contribution in [0, 0.1) is 13.8 Å². The minimum atomic E-state index is 0. The Labute approximate surface area is 152 Å². The topological polar surface area (TPSA) is 62.5 Å². The summed E-state index contributed by atoms with van der Waals surface area (Å²) in [4.78, 5) is 8.48. The minimum absolute atomic E-state index is 0. The van der Waals surface area contributed by atoms with E-state index >= 15 is 0 Å². The molecule has 0 aliphatic rings. The maximum Gasteiger partial charge on any atom is 0.214 e. The molecule has 1 aromatic heterocycles. The fraction of sp³-hybridized carbons (Fsp3) is 0.333. The van der Waals surface area contributed by atoms with Gasteiger partial charge in [0.2, 0.25) is 5.89 Å². The number of hydrogen-bond donors (Lipinski definition) is 2. The van der Waals surface area contributed by atoms with Gasteiger partial charge in [0.15, 0.2) is 5.96 Å². The van der Waals surface area contributed by atoms with Gasteiger partial charge in [-0.1, -0.05) is 23.7 Å². The van der Waals surface area contributed by atoms with Gasteiger partial charge in [-0.05, 0) is 31.5 Å². The van der Waals surface area contributed by atoms with Crippen molar-refractivity contribution in [3.8, 4) is 0 Å². The number of rotatable bonds is 4. The average molecular weight is 435 g/mol. The van der Waals surface area contributed by atoms with Gasteiger partial charge in [-0.2, -0.15) is 0 Å². The molecule has 0 aliphatic carbocycles. The van der Waals surface area contributed by atoms with Gasteiger partial charge in [0.25, 0.3) is 0 Å². The summed E-state index contributed by atoms with van der Waals surface area (Å²) in [5.74, 6) is 2.19. The molecule has 22 heavy (non-hydrogen) atoms. The predicted octanol–water partition coefficient (Wildman–Crippen LogP) is 3.43. The van der Waals surface area contributed by atoms with E-state index in [1.807, 2.05) is 38.1 Å². The molecule has 2 aromatic rings. The van der Waals surface area contributed by atoms with Crippen molar-refractivity contribution in [2.24, 2.45) is 4.99 Å². The second-order valence-corrected chi connectivity index (χ2v) is 5.09. The molecule has 0 aliphatic heterocycles. The van der Waals surface area contributed by atoms with Crippen LogP contribution in [0.1, 0.15) is 22.9 Å². The van der Waals surface area contributed by atoms with Gasteiger partial charge in [-0.15, -0.1) is 24.0 Å². The molecule has 0 radical (unpaired) electrons. The quantitative estimate of drug-likeness (QED) is 0.440. The highest BCUT2D eigenvalue weighted by atomic mass is 127. The van der Waals surface area contributed by atoms with E-state index in [4.69, 9.17) is 16.0 Å². The lowest BCUT2D eigenvalue weighted by Gasteiger charge is -2.10. The largest absolute Gasteiger partial charge is 0.444 e. The highest BCUT2D eigenvalue weighted by Gasteiger charge is 2.06. The zero-order valence-electron chi connectivity index (χ0n) is 12.8. The Balaban J connectivity index is 0.00000242. The second kappa shape index (κ2) is 8.99. The first-order valence-electron chi connectivity index (χ1n) is 6.70. The van der Waals surface area contributed by atoms with E-state index in [9.17, 15) is 0 Å². The Morgan fingerprint density at radius 2 is 1.82 bits per heavy atom. The molecular weight excluding hydrogens is 415 g/mol. The third-order valence-electron chi connectivity index (χ3n) is 3.08. The molecule has 1 aromatic carbocycles. The van der Waals surface area contributed by atoms with Crippen LogP contribution in [0.2, 0.25) is 5.02 Å². The maximum absolute atomic E-state index is 5.86. The number of aliphatic imine (C=N–C) groups is 1. The Hall–Kier alpha value is -1.28. The van der Waals surface area contributed by atoms with E-state index in [0.29, 0.717) is 24.9 Å². The van der Waals surface area contributed by atoms with Crippen molar-refractivity contribution in [1.82, 2.24) is 15.6 Å². The van der Waals surface area contributed by atoms with Gasteiger partial charge in [-0.25, -0.2) is 4.98 Å². The average Bonchev–Trinajstić information content (AvgIpc) is 2.80. The third kappa shape index (κ3) is 5.49. The van der Waals surface area contributed by atoms with E-state index in [-0.39, 0.29) is 24.0 Å². The lowest BCUT2D eigenvalue weighted by Crippen LogP contribution is -2.36. The highest BCUT2D eigenvalue weighted by Crippen LogP contribution is 2.09. The van der Waals surface area contributed by atoms with Crippen molar-refractivity contribution in [3.05, 3.63) is 52.2 Å². The molecule has 0 atom stereocenters. The van der Waals surface area contributed by atoms with Crippen molar-refractivity contribution < 1.29 is 4.42 Å². The van der Waals surface area contributed by atoms with Crippen molar-refractivity contribution in [2.45, 2.75) is 26.9 Å². The van der Waals surface area contributed by atoms with E-state index in [1.165, 1.54) is 0 Å². The standard InChI is InChI=1S/C15H19ClN4O.HI/c1-10-11(2)21-14(20-10)9-19-15(17-3)18-8-12-4-6-13(16)7-5-12;/h4-7H,8-9H2,1-3H3,(H2,17,18,19);1H. The number of hydrogen-bond acceptors (Lipinski definition) is 3. The smallest absolute Gasteiger partial charge is 0.214 e. The van der Waals surface area contributed by atoms with Crippen LogP contribution in [0.15, 0.2) is 33.7 Å². The Morgan fingerprint density at radius 1 is 1.18 bits per heavy atom. The lowest BCUT2D eigenvalue weighted by atomic mass is 10.2. The molecule has 0 saturated heterocycles. The summed E-state index contributed by atoms with van der Waals surface area (Å²) in [7, 11) is 1.73. The van der Waals surface area contributed by atoms with Gasteiger partial charge in [0.05, 0.1) is 12.2 Å². The third-order valence-corrected chi connectivity index (χ3v) is 3.33. The Bertz CT molecular complexity index is 605. The summed E-state index contributed by atoms with van der Waals surface area (Å²) >= 11 is 5.86. The molecule has 0 bridgehead atoms. The maximum atomic E-state index is 5.86. The number of nitrogens with zero attached hydrogens (tertiary/aromatic N) is 2. The molecule has 0 unspecified atom stereocenters. The number of guanidine groups is 1. The molecule has 0 fully saturated rings. The fourth-order valence-electron chi connectivity index (χ4n) is 1.78. The number of oxazole rings is 1. The second-order valence-electron chi connectivity index (χ2n) is 4.65. The SMILES string of the molecule is CN=C(NCc1ccc(Cl)cc1)NCc1nc(C)c(C)o1.I. The number of halogens is 2. The molecule has 2 N–H and O–H groups in total. The zero-order chi connectivity index (χ0) is 15.2. The molecule has 120 valence electrons. The molecule has 5 nitrogen and oxygen atoms in total. The van der Waals surface area contributed by atoms with Gasteiger partial charge in [-0.3, -0.25) is 4.99 Å². The summed E-state index contributed by atoms with van der Waals surface area (Å²) in [6.07, 6.45) is 0. The van der Waals surface area contributed by atoms with Crippen LogP contribution < -0.4 is 10.6 Å². The molecule has 2 rings (SSSR count). The summed E-state index contributed by atoms with van der Waals surface area (Å²) in [6, 6.07) is 7.69. The van der Waals surface area contributed by atoms with Gasteiger partial charge < -0.3 is 15.1 Å². The van der Waals surface area contributed by atoms with Crippen molar-refractivity contribution in [3.63, 3.8) is 0 Å². The first kappa shape index (κ1) is 18.8. The van der Waals surface area contributed by atoms with Crippen LogP contribution in [0.4, 0.5) is 0 Å². The van der Waals surface area contributed by atoms with E-state index in [2.05, 4.69) is 20.6 Å². The van der Waals surface area contributed by atoms with E-state index in [1.54, 1.807) is 7.05 Å². The molecule has 0 amide bonds. The molecular formula is C15H20ClIN4O. The number of nitrogens with one attached hydrogen (secondary N) is 2. The summed E-state index contributed by atoms with van der Waals surface area (Å²) < 4.78 is 5.51.